The molecule has 0 radical (unpaired) electrons. The van der Waals surface area contributed by atoms with Crippen molar-refractivity contribution in [1.29, 1.82) is 5.26 Å². The molecule has 0 spiro atoms. The van der Waals surface area contributed by atoms with E-state index in [0.717, 1.165) is 24.8 Å². The van der Waals surface area contributed by atoms with Crippen LogP contribution in [0.1, 0.15) is 32.1 Å². The molecule has 1 saturated heterocycles. The molecule has 84 valence electrons. The second-order valence-corrected chi connectivity index (χ2v) is 5.04. The summed E-state index contributed by atoms with van der Waals surface area (Å²) in [6.07, 6.45) is 5.61. The van der Waals surface area contributed by atoms with Gasteiger partial charge in [0.1, 0.15) is 0 Å². The Morgan fingerprint density at radius 1 is 1.33 bits per heavy atom. The second kappa shape index (κ2) is 4.96. The largest absolute Gasteiger partial charge is 0.327 e. The van der Waals surface area contributed by atoms with Crippen LogP contribution >= 0.6 is 0 Å². The third-order valence-electron chi connectivity index (χ3n) is 3.99. The highest BCUT2D eigenvalue weighted by Gasteiger charge is 2.38. The summed E-state index contributed by atoms with van der Waals surface area (Å²) < 4.78 is 0. The van der Waals surface area contributed by atoms with Crippen molar-refractivity contribution in [3.8, 4) is 6.07 Å². The third-order valence-corrected chi connectivity index (χ3v) is 3.99. The van der Waals surface area contributed by atoms with Crippen molar-refractivity contribution in [2.75, 3.05) is 19.6 Å². The van der Waals surface area contributed by atoms with Crippen LogP contribution in [0.3, 0.4) is 0 Å². The molecule has 3 unspecified atom stereocenters. The Balaban J connectivity index is 1.80. The fraction of sp³-hybridized carbons (Fsp3) is 0.917. The van der Waals surface area contributed by atoms with Gasteiger partial charge in [0.2, 0.25) is 0 Å². The lowest BCUT2D eigenvalue weighted by Crippen LogP contribution is -2.38. The molecule has 0 bridgehead atoms. The molecule has 0 aromatic rings. The molecule has 3 atom stereocenters. The minimum Gasteiger partial charge on any atom is -0.327 e. The zero-order chi connectivity index (χ0) is 10.7. The Bertz CT molecular complexity index is 246. The van der Waals surface area contributed by atoms with Gasteiger partial charge in [-0.05, 0) is 37.6 Å². The lowest BCUT2D eigenvalue weighted by atomic mass is 9.78. The summed E-state index contributed by atoms with van der Waals surface area (Å²) >= 11 is 0. The molecule has 0 amide bonds. The highest BCUT2D eigenvalue weighted by atomic mass is 15.2. The van der Waals surface area contributed by atoms with Gasteiger partial charge in [-0.25, -0.2) is 0 Å². The summed E-state index contributed by atoms with van der Waals surface area (Å²) in [6.45, 7) is 3.49. The summed E-state index contributed by atoms with van der Waals surface area (Å²) in [4.78, 5) is 2.51. The molecule has 0 aromatic heterocycles. The van der Waals surface area contributed by atoms with Gasteiger partial charge in [-0.3, -0.25) is 0 Å². The molecular formula is C12H21N3. The summed E-state index contributed by atoms with van der Waals surface area (Å²) in [7, 11) is 0. The Labute approximate surface area is 92.2 Å². The zero-order valence-corrected chi connectivity index (χ0v) is 9.36. The number of unbranched alkanes of at least 4 members (excludes halogenated alkanes) is 1. The normalized spacial score (nSPS) is 36.1. The predicted octanol–water partition coefficient (Wildman–Crippen LogP) is 1.35. The molecule has 1 saturated carbocycles. The van der Waals surface area contributed by atoms with Crippen molar-refractivity contribution in [3.63, 3.8) is 0 Å². The number of hydrogen-bond acceptors (Lipinski definition) is 3. The van der Waals surface area contributed by atoms with Gasteiger partial charge < -0.3 is 10.6 Å². The Kier molecular flexibility index (Phi) is 3.61. The predicted molar refractivity (Wildman–Crippen MR) is 60.1 cm³/mol. The fourth-order valence-electron chi connectivity index (χ4n) is 3.17. The van der Waals surface area contributed by atoms with E-state index < -0.39 is 0 Å². The van der Waals surface area contributed by atoms with Crippen LogP contribution in [0, 0.1) is 23.2 Å². The van der Waals surface area contributed by atoms with Gasteiger partial charge in [0.15, 0.2) is 0 Å². The van der Waals surface area contributed by atoms with Gasteiger partial charge in [0.05, 0.1) is 6.07 Å². The first kappa shape index (κ1) is 10.9. The van der Waals surface area contributed by atoms with E-state index in [4.69, 9.17) is 11.0 Å². The Morgan fingerprint density at radius 2 is 2.20 bits per heavy atom. The number of hydrogen-bond donors (Lipinski definition) is 1. The van der Waals surface area contributed by atoms with Crippen LogP contribution in [-0.2, 0) is 0 Å². The van der Waals surface area contributed by atoms with E-state index in [1.807, 2.05) is 0 Å². The highest BCUT2D eigenvalue weighted by Crippen LogP contribution is 2.35. The molecular weight excluding hydrogens is 186 g/mol. The van der Waals surface area contributed by atoms with E-state index in [0.29, 0.717) is 12.5 Å². The molecule has 2 fully saturated rings. The van der Waals surface area contributed by atoms with Gasteiger partial charge in [-0.2, -0.15) is 5.26 Å². The van der Waals surface area contributed by atoms with Crippen molar-refractivity contribution in [3.05, 3.63) is 0 Å². The summed E-state index contributed by atoms with van der Waals surface area (Å²) in [5.41, 5.74) is 6.16. The SMILES string of the molecule is N#CCCCN1CC2CCCC(N)C2C1. The number of likely N-dealkylation sites (tertiary alicyclic amines) is 1. The number of rotatable bonds is 3. The van der Waals surface area contributed by atoms with E-state index in [-0.39, 0.29) is 0 Å². The number of nitrogens with two attached hydrogens (primary N) is 1. The van der Waals surface area contributed by atoms with E-state index in [1.165, 1.54) is 32.4 Å². The molecule has 0 aromatic carbocycles. The smallest absolute Gasteiger partial charge is 0.0622 e. The summed E-state index contributed by atoms with van der Waals surface area (Å²) in [5.74, 6) is 1.58. The maximum atomic E-state index is 8.50. The first-order chi connectivity index (χ1) is 7.31. The maximum Gasteiger partial charge on any atom is 0.0622 e. The molecule has 2 aliphatic rings. The van der Waals surface area contributed by atoms with E-state index >= 15 is 0 Å². The summed E-state index contributed by atoms with van der Waals surface area (Å²) in [5, 5.41) is 8.50. The van der Waals surface area contributed by atoms with Crippen LogP contribution in [-0.4, -0.2) is 30.6 Å². The molecule has 3 nitrogen and oxygen atoms in total. The minimum atomic E-state index is 0.435. The molecule has 15 heavy (non-hydrogen) atoms. The molecule has 3 heteroatoms. The zero-order valence-electron chi connectivity index (χ0n) is 9.36. The van der Waals surface area contributed by atoms with Crippen molar-refractivity contribution in [1.82, 2.24) is 4.90 Å². The van der Waals surface area contributed by atoms with E-state index in [2.05, 4.69) is 11.0 Å². The standard InChI is InChI=1S/C12H21N3/c13-6-1-2-7-15-8-10-4-3-5-12(14)11(10)9-15/h10-12H,1-5,7-9,14H2. The summed E-state index contributed by atoms with van der Waals surface area (Å²) in [6, 6.07) is 2.65. The lowest BCUT2D eigenvalue weighted by Gasteiger charge is -2.29. The van der Waals surface area contributed by atoms with Crippen LogP contribution < -0.4 is 5.73 Å². The highest BCUT2D eigenvalue weighted by molar-refractivity contribution is 4.93. The molecule has 1 aliphatic carbocycles. The first-order valence-corrected chi connectivity index (χ1v) is 6.16. The number of nitrogens with zero attached hydrogens (tertiary/aromatic N) is 2. The minimum absolute atomic E-state index is 0.435. The van der Waals surface area contributed by atoms with Crippen LogP contribution in [0.4, 0.5) is 0 Å². The number of fused-ring (bicyclic) bond motifs is 1. The topological polar surface area (TPSA) is 53.0 Å². The van der Waals surface area contributed by atoms with Crippen LogP contribution in [0.5, 0.6) is 0 Å². The van der Waals surface area contributed by atoms with Crippen LogP contribution in [0.2, 0.25) is 0 Å². The van der Waals surface area contributed by atoms with Crippen LogP contribution in [0.25, 0.3) is 0 Å². The van der Waals surface area contributed by atoms with Crippen molar-refractivity contribution < 1.29 is 0 Å². The molecule has 2 rings (SSSR count). The van der Waals surface area contributed by atoms with Gasteiger partial charge in [-0.1, -0.05) is 6.42 Å². The average molecular weight is 207 g/mol. The van der Waals surface area contributed by atoms with Gasteiger partial charge in [0.25, 0.3) is 0 Å². The maximum absolute atomic E-state index is 8.50. The van der Waals surface area contributed by atoms with E-state index in [9.17, 15) is 0 Å². The van der Waals surface area contributed by atoms with Crippen LogP contribution in [0.15, 0.2) is 0 Å². The lowest BCUT2D eigenvalue weighted by molar-refractivity contribution is 0.259. The number of nitriles is 1. The van der Waals surface area contributed by atoms with E-state index in [1.54, 1.807) is 0 Å². The van der Waals surface area contributed by atoms with Crippen molar-refractivity contribution in [2.45, 2.75) is 38.1 Å². The van der Waals surface area contributed by atoms with Gasteiger partial charge in [0, 0.05) is 25.6 Å². The monoisotopic (exact) mass is 207 g/mol. The average Bonchev–Trinajstić information content (AvgIpc) is 2.63. The Morgan fingerprint density at radius 3 is 2.93 bits per heavy atom. The second-order valence-electron chi connectivity index (χ2n) is 5.04. The quantitative estimate of drug-likeness (QED) is 0.711. The molecule has 1 aliphatic heterocycles. The molecule has 1 heterocycles. The third kappa shape index (κ3) is 2.50. The molecule has 2 N–H and O–H groups in total. The van der Waals surface area contributed by atoms with Crippen molar-refractivity contribution in [2.24, 2.45) is 17.6 Å². The first-order valence-electron chi connectivity index (χ1n) is 6.16. The van der Waals surface area contributed by atoms with Crippen molar-refractivity contribution >= 4 is 0 Å². The van der Waals surface area contributed by atoms with Gasteiger partial charge >= 0.3 is 0 Å². The fourth-order valence-corrected chi connectivity index (χ4v) is 3.17. The Hall–Kier alpha value is -0.590. The van der Waals surface area contributed by atoms with Gasteiger partial charge in [-0.15, -0.1) is 0 Å².